The average Bonchev–Trinajstić information content (AvgIpc) is 2.59. The Labute approximate surface area is 171 Å². The summed E-state index contributed by atoms with van der Waals surface area (Å²) in [5.41, 5.74) is 25.3. The number of halogens is 1. The third kappa shape index (κ3) is 299. The van der Waals surface area contributed by atoms with E-state index in [1.807, 2.05) is 14.1 Å². The van der Waals surface area contributed by atoms with Gasteiger partial charge in [-0.15, -0.1) is 32.3 Å². The average molecular weight is 467 g/mol. The Balaban J connectivity index is -0.0000000373. The summed E-state index contributed by atoms with van der Waals surface area (Å²) >= 11 is 0. The molecule has 0 saturated heterocycles. The van der Waals surface area contributed by atoms with Gasteiger partial charge in [-0.25, -0.2) is 0 Å². The molecule has 0 fully saturated rings. The molecule has 0 spiro atoms. The lowest BCUT2D eigenvalue weighted by Gasteiger charge is -1.93. The molecule has 0 amide bonds. The molecule has 0 aliphatic rings. The van der Waals surface area contributed by atoms with E-state index in [2.05, 4.69) is 17.7 Å². The van der Waals surface area contributed by atoms with Crippen LogP contribution < -0.4 is 28.1 Å². The number of hydrogen-bond acceptors (Lipinski definition) is 10. The van der Waals surface area contributed by atoms with Crippen LogP contribution in [0.5, 0.6) is 0 Å². The highest BCUT2D eigenvalue weighted by atomic mass is 79.9. The summed E-state index contributed by atoms with van der Waals surface area (Å²) in [6, 6.07) is 0. The van der Waals surface area contributed by atoms with Crippen molar-refractivity contribution < 1.29 is 10.4 Å². The van der Waals surface area contributed by atoms with Gasteiger partial charge < -0.3 is 27.2 Å². The van der Waals surface area contributed by atoms with Crippen molar-refractivity contribution >= 4 is 17.0 Å². The quantitative estimate of drug-likeness (QED) is 0.0494. The van der Waals surface area contributed by atoms with Gasteiger partial charge in [0.05, 0.1) is 0 Å². The molecule has 0 bridgehead atoms. The van der Waals surface area contributed by atoms with Crippen molar-refractivity contribution in [1.82, 2.24) is 10.7 Å². The van der Waals surface area contributed by atoms with Gasteiger partial charge in [0.1, 0.15) is 0 Å². The number of nitrogens with two attached hydrogens (primary N) is 3. The predicted molar refractivity (Wildman–Crippen MR) is 114 cm³/mol. The highest BCUT2D eigenvalue weighted by Crippen LogP contribution is 1.89. The van der Waals surface area contributed by atoms with Crippen LogP contribution in [-0.4, -0.2) is 44.1 Å². The number of rotatable bonds is 8. The molecule has 0 radical (unpaired) electrons. The fourth-order valence-electron chi connectivity index (χ4n) is 0.943. The molecule has 0 aromatic rings. The largest absolute Gasteiger partial charge is 0.379 e. The van der Waals surface area contributed by atoms with Crippen LogP contribution in [0, 0.1) is 15.3 Å². The number of nitrogens with one attached hydrogen (secondary N) is 3. The van der Waals surface area contributed by atoms with Crippen molar-refractivity contribution in [2.24, 2.45) is 28.0 Å². The van der Waals surface area contributed by atoms with Crippen molar-refractivity contribution in [3.63, 3.8) is 0 Å². The first-order valence-corrected chi connectivity index (χ1v) is 7.85. The lowest BCUT2D eigenvalue weighted by atomic mass is 10.2. The Morgan fingerprint density at radius 3 is 1.48 bits per heavy atom. The van der Waals surface area contributed by atoms with Crippen molar-refractivity contribution in [2.45, 2.75) is 45.4 Å². The van der Waals surface area contributed by atoms with Crippen molar-refractivity contribution in [2.75, 3.05) is 33.7 Å². The fourth-order valence-corrected chi connectivity index (χ4v) is 0.943. The summed E-state index contributed by atoms with van der Waals surface area (Å²) in [5, 5.41) is 18.5. The Hall–Kier alpha value is -1.61. The van der Waals surface area contributed by atoms with Crippen LogP contribution in [0.3, 0.4) is 0 Å². The lowest BCUT2D eigenvalue weighted by Crippen LogP contribution is -2.22. The highest BCUT2D eigenvalue weighted by molar-refractivity contribution is 8.93. The second kappa shape index (κ2) is 86.9. The van der Waals surface area contributed by atoms with Gasteiger partial charge in [-0.2, -0.15) is 0 Å². The zero-order chi connectivity index (χ0) is 21.9. The summed E-state index contributed by atoms with van der Waals surface area (Å²) in [6.45, 7) is 4.74. The van der Waals surface area contributed by atoms with E-state index in [-0.39, 0.29) is 17.0 Å². The van der Waals surface area contributed by atoms with Crippen LogP contribution in [-0.2, 0) is 0 Å². The number of hydrogen-bond donors (Lipinski definition) is 8. The fraction of sp³-hybridized carbons (Fsp3) is 1.00. The Morgan fingerprint density at radius 2 is 1.30 bits per heavy atom. The van der Waals surface area contributed by atoms with Gasteiger partial charge in [0.2, 0.25) is 0 Å². The van der Waals surface area contributed by atoms with Crippen molar-refractivity contribution in [1.29, 1.82) is 5.53 Å². The molecule has 15 heteroatoms. The number of unbranched alkanes of at least 4 members (excludes halogenated alkanes) is 4. The van der Waals surface area contributed by atoms with Crippen LogP contribution >= 0.6 is 17.0 Å². The van der Waals surface area contributed by atoms with Crippen LogP contribution in [0.1, 0.15) is 45.4 Å². The maximum absolute atomic E-state index is 8.11. The topological polar surface area (TPSA) is 262 Å². The summed E-state index contributed by atoms with van der Waals surface area (Å²) < 4.78 is 0. The van der Waals surface area contributed by atoms with Gasteiger partial charge in [-0.05, 0) is 56.9 Å². The van der Waals surface area contributed by atoms with Crippen molar-refractivity contribution in [3.05, 3.63) is 20.3 Å². The first-order chi connectivity index (χ1) is 12.5. The van der Waals surface area contributed by atoms with E-state index in [1.54, 1.807) is 4.91 Å². The Bertz CT molecular complexity index is 214. The van der Waals surface area contributed by atoms with Crippen LogP contribution in [0.4, 0.5) is 0 Å². The maximum Gasteiger partial charge on any atom is 0.152 e. The molecule has 11 N–H and O–H groups in total. The first kappa shape index (κ1) is 44.7. The third-order valence-electron chi connectivity index (χ3n) is 1.83. The number of nitrogens with zero attached hydrogens (tertiary/aromatic N) is 4. The molecule has 27 heavy (non-hydrogen) atoms. The van der Waals surface area contributed by atoms with E-state index in [0.29, 0.717) is 0 Å². The molecule has 0 aromatic heterocycles. The molecule has 0 unspecified atom stereocenters. The molecule has 0 saturated carbocycles. The van der Waals surface area contributed by atoms with E-state index in [0.717, 1.165) is 32.5 Å². The normalized spacial score (nSPS) is 6.74. The van der Waals surface area contributed by atoms with Crippen molar-refractivity contribution in [3.8, 4) is 0 Å². The summed E-state index contributed by atoms with van der Waals surface area (Å²) in [7, 11) is 3.75. The summed E-state index contributed by atoms with van der Waals surface area (Å²) in [4.78, 5) is 18.0. The van der Waals surface area contributed by atoms with E-state index in [4.69, 9.17) is 48.6 Å². The van der Waals surface area contributed by atoms with E-state index < -0.39 is 0 Å². The monoisotopic (exact) mass is 466 g/mol. The molecular formula is C12H39BrN10O4. The lowest BCUT2D eigenvalue weighted by molar-refractivity contribution is 0.312. The smallest absolute Gasteiger partial charge is 0.152 e. The van der Waals surface area contributed by atoms with Crippen LogP contribution in [0.15, 0.2) is 10.7 Å². The molecule has 0 rings (SSSR count). The second-order valence-corrected chi connectivity index (χ2v) is 4.06. The Kier molecular flexibility index (Phi) is 144. The molecule has 0 aliphatic heterocycles. The van der Waals surface area contributed by atoms with E-state index >= 15 is 0 Å². The predicted octanol–water partition coefficient (Wildman–Crippen LogP) is 2.29. The summed E-state index contributed by atoms with van der Waals surface area (Å²) in [6.07, 6.45) is 7.18. The minimum atomic E-state index is 0. The zero-order valence-corrected chi connectivity index (χ0v) is 18.2. The molecule has 0 atom stereocenters. The Morgan fingerprint density at radius 1 is 1.00 bits per heavy atom. The minimum Gasteiger partial charge on any atom is -0.379 e. The van der Waals surface area contributed by atoms with Gasteiger partial charge in [0, 0.05) is 6.54 Å². The molecular weight excluding hydrogens is 428 g/mol. The molecule has 14 nitrogen and oxygen atoms in total. The van der Waals surface area contributed by atoms with Gasteiger partial charge >= 0.3 is 0 Å². The summed E-state index contributed by atoms with van der Waals surface area (Å²) in [5.74, 6) is 5.02. The maximum atomic E-state index is 8.11. The first-order valence-electron chi connectivity index (χ1n) is 7.85. The van der Waals surface area contributed by atoms with Gasteiger partial charge in [0.15, 0.2) is 10.7 Å². The molecule has 168 valence electrons. The van der Waals surface area contributed by atoms with E-state index in [1.165, 1.54) is 36.4 Å². The van der Waals surface area contributed by atoms with E-state index in [9.17, 15) is 0 Å². The zero-order valence-electron chi connectivity index (χ0n) is 16.5. The molecule has 0 aliphatic carbocycles. The third-order valence-corrected chi connectivity index (χ3v) is 1.83. The highest BCUT2D eigenvalue weighted by Gasteiger charge is 1.80. The van der Waals surface area contributed by atoms with Gasteiger partial charge in [0.25, 0.3) is 0 Å². The second-order valence-electron chi connectivity index (χ2n) is 4.06. The number of hydrazine groups is 1. The van der Waals surface area contributed by atoms with Gasteiger partial charge in [-0.3, -0.25) is 11.3 Å². The standard InChI is InChI=1S/2C5H14N2.C2H7N.BrH.HN3.2HNO2/c1-2-3-4-5-7-6;6-4-2-1-3-5-7;1-3-2;;1-3-2;2*2-1-3/h7H,2-6H2,1H3;1-7H2;3H,1-2H3;1H;1H;2*(H,2,3). The van der Waals surface area contributed by atoms with Crippen LogP contribution in [0.25, 0.3) is 10.4 Å². The SMILES string of the molecule is Br.CCCCCNN.CNC.NCCCCCN.O=NO.O=NO.[N-]=[N+]=N. The molecule has 0 aromatic carbocycles. The van der Waals surface area contributed by atoms with Gasteiger partial charge in [-0.1, -0.05) is 26.2 Å². The minimum absolute atomic E-state index is 0. The van der Waals surface area contributed by atoms with Crippen LogP contribution in [0.2, 0.25) is 0 Å². The molecule has 0 heterocycles.